The topological polar surface area (TPSA) is 32.3 Å². The molecule has 3 aromatic rings. The minimum atomic E-state index is -0.115. The molecule has 0 fully saturated rings. The van der Waals surface area contributed by atoms with E-state index >= 15 is 0 Å². The van der Waals surface area contributed by atoms with Crippen LogP contribution in [0, 0.1) is 0 Å². The van der Waals surface area contributed by atoms with Crippen LogP contribution in [0.4, 0.5) is 11.4 Å². The number of halogens is 1. The average molecular weight is 361 g/mol. The monoisotopic (exact) mass is 360 g/mol. The van der Waals surface area contributed by atoms with Crippen molar-refractivity contribution < 1.29 is 4.79 Å². The summed E-state index contributed by atoms with van der Waals surface area (Å²) in [5.74, 6) is -0.115. The summed E-state index contributed by atoms with van der Waals surface area (Å²) in [6, 6.07) is 25.7. The summed E-state index contributed by atoms with van der Waals surface area (Å²) in [5, 5.41) is 3.51. The molecule has 3 aromatic carbocycles. The summed E-state index contributed by atoms with van der Waals surface area (Å²) in [6.07, 6.45) is 1.90. The Morgan fingerprint density at radius 2 is 1.62 bits per heavy atom. The fourth-order valence-electron chi connectivity index (χ4n) is 3.06. The third-order valence-electron chi connectivity index (χ3n) is 4.33. The number of para-hydroxylation sites is 1. The van der Waals surface area contributed by atoms with Crippen molar-refractivity contribution in [1.82, 2.24) is 0 Å². The van der Waals surface area contributed by atoms with E-state index in [0.717, 1.165) is 22.5 Å². The molecule has 3 nitrogen and oxygen atoms in total. The largest absolute Gasteiger partial charge is 0.343 e. The second-order valence-electron chi connectivity index (χ2n) is 6.14. The number of rotatable bonds is 4. The maximum atomic E-state index is 12.5. The van der Waals surface area contributed by atoms with Gasteiger partial charge in [0.25, 0.3) is 5.91 Å². The van der Waals surface area contributed by atoms with Gasteiger partial charge in [-0.3, -0.25) is 4.79 Å². The van der Waals surface area contributed by atoms with E-state index in [0.29, 0.717) is 17.1 Å². The van der Waals surface area contributed by atoms with Gasteiger partial charge in [-0.25, -0.2) is 0 Å². The molecule has 0 atom stereocenters. The van der Waals surface area contributed by atoms with Gasteiger partial charge >= 0.3 is 0 Å². The molecule has 1 amide bonds. The predicted molar refractivity (Wildman–Crippen MR) is 107 cm³/mol. The van der Waals surface area contributed by atoms with Crippen LogP contribution in [-0.2, 0) is 11.3 Å². The van der Waals surface area contributed by atoms with E-state index in [4.69, 9.17) is 11.6 Å². The quantitative estimate of drug-likeness (QED) is 0.637. The molecule has 0 aromatic heterocycles. The maximum Gasteiger partial charge on any atom is 0.257 e. The van der Waals surface area contributed by atoms with Crippen LogP contribution in [-0.4, -0.2) is 5.91 Å². The van der Waals surface area contributed by atoms with Crippen LogP contribution in [0.3, 0.4) is 0 Å². The third kappa shape index (κ3) is 3.35. The molecule has 0 aliphatic carbocycles. The van der Waals surface area contributed by atoms with Crippen molar-refractivity contribution in [3.63, 3.8) is 0 Å². The summed E-state index contributed by atoms with van der Waals surface area (Å²) < 4.78 is 0. The first kappa shape index (κ1) is 16.4. The maximum absolute atomic E-state index is 12.5. The van der Waals surface area contributed by atoms with Gasteiger partial charge in [0.1, 0.15) is 0 Å². The Kier molecular flexibility index (Phi) is 4.46. The molecule has 4 heteroatoms. The van der Waals surface area contributed by atoms with Gasteiger partial charge in [-0.05, 0) is 35.9 Å². The summed E-state index contributed by atoms with van der Waals surface area (Å²) in [5.41, 5.74) is 4.42. The molecule has 0 bridgehead atoms. The zero-order valence-electron chi connectivity index (χ0n) is 14.0. The van der Waals surface area contributed by atoms with Gasteiger partial charge in [-0.15, -0.1) is 0 Å². The van der Waals surface area contributed by atoms with Crippen molar-refractivity contribution in [3.05, 3.63) is 101 Å². The van der Waals surface area contributed by atoms with Crippen LogP contribution in [0.1, 0.15) is 11.1 Å². The van der Waals surface area contributed by atoms with Crippen molar-refractivity contribution in [2.24, 2.45) is 0 Å². The SMILES string of the molecule is O=C1Nc2ccc(Cl)cc2/C1=C\N(Cc1ccccc1)c1ccccc1. The second-order valence-corrected chi connectivity index (χ2v) is 6.57. The molecule has 4 rings (SSSR count). The highest BCUT2D eigenvalue weighted by atomic mass is 35.5. The second kappa shape index (κ2) is 7.06. The summed E-state index contributed by atoms with van der Waals surface area (Å²) in [6.45, 7) is 0.664. The molecule has 1 heterocycles. The predicted octanol–water partition coefficient (Wildman–Crippen LogP) is 5.34. The van der Waals surface area contributed by atoms with Crippen LogP contribution in [0.2, 0.25) is 5.02 Å². The van der Waals surface area contributed by atoms with Crippen molar-refractivity contribution in [1.29, 1.82) is 0 Å². The number of benzene rings is 3. The lowest BCUT2D eigenvalue weighted by Gasteiger charge is -2.21. The Bertz CT molecular complexity index is 968. The van der Waals surface area contributed by atoms with Crippen molar-refractivity contribution in [2.45, 2.75) is 6.54 Å². The molecular formula is C22H17ClN2O. The molecule has 128 valence electrons. The van der Waals surface area contributed by atoms with E-state index < -0.39 is 0 Å². The summed E-state index contributed by atoms with van der Waals surface area (Å²) in [7, 11) is 0. The highest BCUT2D eigenvalue weighted by Crippen LogP contribution is 2.34. The lowest BCUT2D eigenvalue weighted by molar-refractivity contribution is -0.110. The number of amides is 1. The molecular weight excluding hydrogens is 344 g/mol. The molecule has 26 heavy (non-hydrogen) atoms. The zero-order chi connectivity index (χ0) is 17.9. The Morgan fingerprint density at radius 1 is 0.923 bits per heavy atom. The molecule has 0 spiro atoms. The fourth-order valence-corrected chi connectivity index (χ4v) is 3.23. The van der Waals surface area contributed by atoms with E-state index in [1.807, 2.05) is 66.9 Å². The molecule has 0 saturated carbocycles. The zero-order valence-corrected chi connectivity index (χ0v) is 14.8. The molecule has 0 radical (unpaired) electrons. The van der Waals surface area contributed by atoms with Gasteiger partial charge in [0.05, 0.1) is 5.57 Å². The van der Waals surface area contributed by atoms with E-state index in [-0.39, 0.29) is 5.91 Å². The van der Waals surface area contributed by atoms with Gasteiger partial charge < -0.3 is 10.2 Å². The molecule has 1 aliphatic heterocycles. The number of hydrogen-bond acceptors (Lipinski definition) is 2. The number of nitrogens with one attached hydrogen (secondary N) is 1. The van der Waals surface area contributed by atoms with Crippen molar-refractivity contribution in [2.75, 3.05) is 10.2 Å². The van der Waals surface area contributed by atoms with Crippen LogP contribution in [0.25, 0.3) is 5.57 Å². The highest BCUT2D eigenvalue weighted by molar-refractivity contribution is 6.34. The van der Waals surface area contributed by atoms with Crippen LogP contribution >= 0.6 is 11.6 Å². The number of nitrogens with zero attached hydrogens (tertiary/aromatic N) is 1. The van der Waals surface area contributed by atoms with Crippen molar-refractivity contribution in [3.8, 4) is 0 Å². The number of fused-ring (bicyclic) bond motifs is 1. The normalized spacial score (nSPS) is 14.2. The smallest absolute Gasteiger partial charge is 0.257 e. The highest BCUT2D eigenvalue weighted by Gasteiger charge is 2.25. The molecule has 1 N–H and O–H groups in total. The van der Waals surface area contributed by atoms with Gasteiger partial charge in [-0.2, -0.15) is 0 Å². The van der Waals surface area contributed by atoms with Gasteiger partial charge in [0.2, 0.25) is 0 Å². The Labute approximate surface area is 157 Å². The Hall–Kier alpha value is -3.04. The number of carbonyl (C=O) groups is 1. The van der Waals surface area contributed by atoms with E-state index in [9.17, 15) is 4.79 Å². The van der Waals surface area contributed by atoms with Gasteiger partial charge in [0, 0.05) is 34.7 Å². The first-order valence-electron chi connectivity index (χ1n) is 8.39. The van der Waals surface area contributed by atoms with E-state index in [1.165, 1.54) is 0 Å². The Balaban J connectivity index is 1.77. The third-order valence-corrected chi connectivity index (χ3v) is 4.57. The number of anilines is 2. The number of carbonyl (C=O) groups excluding carboxylic acids is 1. The first-order chi connectivity index (χ1) is 12.7. The summed E-state index contributed by atoms with van der Waals surface area (Å²) in [4.78, 5) is 14.6. The average Bonchev–Trinajstić information content (AvgIpc) is 2.97. The van der Waals surface area contributed by atoms with E-state index in [2.05, 4.69) is 22.3 Å². The minimum Gasteiger partial charge on any atom is -0.343 e. The molecule has 0 saturated heterocycles. The first-order valence-corrected chi connectivity index (χ1v) is 8.77. The lowest BCUT2D eigenvalue weighted by atomic mass is 10.1. The fraction of sp³-hybridized carbons (Fsp3) is 0.0455. The van der Waals surface area contributed by atoms with Crippen LogP contribution in [0.15, 0.2) is 85.1 Å². The number of hydrogen-bond donors (Lipinski definition) is 1. The Morgan fingerprint density at radius 3 is 2.35 bits per heavy atom. The van der Waals surface area contributed by atoms with Gasteiger partial charge in [-0.1, -0.05) is 60.1 Å². The minimum absolute atomic E-state index is 0.115. The van der Waals surface area contributed by atoms with Crippen LogP contribution in [0.5, 0.6) is 0 Å². The standard InChI is InChI=1S/C22H17ClN2O/c23-17-11-12-21-19(13-17)20(22(26)24-21)15-25(18-9-5-2-6-10-18)14-16-7-3-1-4-8-16/h1-13,15H,14H2,(H,24,26)/b20-15+. The molecule has 1 aliphatic rings. The van der Waals surface area contributed by atoms with Crippen molar-refractivity contribution >= 4 is 34.5 Å². The molecule has 0 unspecified atom stereocenters. The lowest BCUT2D eigenvalue weighted by Crippen LogP contribution is -2.17. The summed E-state index contributed by atoms with van der Waals surface area (Å²) >= 11 is 6.14. The van der Waals surface area contributed by atoms with Crippen LogP contribution < -0.4 is 10.2 Å². The van der Waals surface area contributed by atoms with Gasteiger partial charge in [0.15, 0.2) is 0 Å². The van der Waals surface area contributed by atoms with E-state index in [1.54, 1.807) is 6.07 Å².